The van der Waals surface area contributed by atoms with Gasteiger partial charge in [-0.25, -0.2) is 0 Å². The summed E-state index contributed by atoms with van der Waals surface area (Å²) in [6, 6.07) is 0.0632. The third kappa shape index (κ3) is 6.54. The third-order valence-corrected chi connectivity index (χ3v) is 2.95. The fourth-order valence-electron chi connectivity index (χ4n) is 1.54. The zero-order valence-electron chi connectivity index (χ0n) is 12.2. The number of amides is 2. The largest absolute Gasteiger partial charge is 0.396 e. The fraction of sp³-hybridized carbons (Fsp3) is 0.846. The number of rotatable bonds is 8. The third-order valence-electron chi connectivity index (χ3n) is 2.95. The summed E-state index contributed by atoms with van der Waals surface area (Å²) in [5.41, 5.74) is -0.934. The van der Waals surface area contributed by atoms with Crippen molar-refractivity contribution in [1.82, 2.24) is 10.6 Å². The van der Waals surface area contributed by atoms with Crippen molar-refractivity contribution in [3.63, 3.8) is 0 Å². The number of hydrogen-bond acceptors (Lipinski definition) is 4. The highest BCUT2D eigenvalue weighted by molar-refractivity contribution is 5.87. The Kier molecular flexibility index (Phi) is 7.63. The van der Waals surface area contributed by atoms with Crippen LogP contribution in [0.25, 0.3) is 0 Å². The Morgan fingerprint density at radius 2 is 1.89 bits per heavy atom. The first-order chi connectivity index (χ1) is 8.74. The van der Waals surface area contributed by atoms with Gasteiger partial charge in [-0.15, -0.1) is 0 Å². The molecule has 0 saturated heterocycles. The Morgan fingerprint density at radius 1 is 1.32 bits per heavy atom. The molecule has 0 aromatic rings. The number of aliphatic hydroxyl groups is 2. The van der Waals surface area contributed by atoms with Crippen LogP contribution in [0.4, 0.5) is 0 Å². The summed E-state index contributed by atoms with van der Waals surface area (Å²) >= 11 is 0. The second-order valence-electron chi connectivity index (χ2n) is 5.52. The van der Waals surface area contributed by atoms with E-state index in [0.717, 1.165) is 12.8 Å². The van der Waals surface area contributed by atoms with E-state index in [1.54, 1.807) is 13.8 Å². The Hall–Kier alpha value is -1.14. The average Bonchev–Trinajstić information content (AvgIpc) is 2.35. The molecule has 0 aliphatic heterocycles. The Bertz CT molecular complexity index is 305. The van der Waals surface area contributed by atoms with E-state index in [2.05, 4.69) is 10.6 Å². The summed E-state index contributed by atoms with van der Waals surface area (Å²) in [7, 11) is 0. The van der Waals surface area contributed by atoms with Gasteiger partial charge in [-0.3, -0.25) is 9.59 Å². The summed E-state index contributed by atoms with van der Waals surface area (Å²) in [6.07, 6.45) is 0.496. The molecule has 0 saturated carbocycles. The lowest BCUT2D eigenvalue weighted by atomic mass is 9.87. The number of hydrogen-bond donors (Lipinski definition) is 4. The van der Waals surface area contributed by atoms with E-state index in [9.17, 15) is 14.7 Å². The van der Waals surface area contributed by atoms with Gasteiger partial charge in [0.15, 0.2) is 0 Å². The molecule has 0 aliphatic rings. The highest BCUT2D eigenvalue weighted by atomic mass is 16.3. The molecule has 0 bridgehead atoms. The Balaban J connectivity index is 4.13. The molecule has 1 unspecified atom stereocenters. The van der Waals surface area contributed by atoms with Crippen LogP contribution in [0, 0.1) is 5.41 Å². The lowest BCUT2D eigenvalue weighted by Crippen LogP contribution is -2.48. The monoisotopic (exact) mass is 274 g/mol. The van der Waals surface area contributed by atoms with E-state index in [1.807, 2.05) is 13.8 Å². The molecule has 112 valence electrons. The lowest BCUT2D eigenvalue weighted by Gasteiger charge is -2.27. The highest BCUT2D eigenvalue weighted by Crippen LogP contribution is 2.19. The number of carbonyl (C=O) groups excluding carboxylic acids is 2. The van der Waals surface area contributed by atoms with Crippen LogP contribution < -0.4 is 10.6 Å². The topological polar surface area (TPSA) is 98.7 Å². The SMILES string of the molecule is CCCC(C)NC(=O)CNC(=O)[C@H](O)C(C)(C)CO. The van der Waals surface area contributed by atoms with Gasteiger partial charge < -0.3 is 20.8 Å². The standard InChI is InChI=1S/C13H26N2O4/c1-5-6-9(2)15-10(17)7-14-12(19)11(18)13(3,4)8-16/h9,11,16,18H,5-8H2,1-4H3,(H,14,19)(H,15,17)/t9?,11-/m0/s1. The van der Waals surface area contributed by atoms with Crippen LogP contribution in [0.15, 0.2) is 0 Å². The first-order valence-electron chi connectivity index (χ1n) is 6.60. The van der Waals surface area contributed by atoms with Gasteiger partial charge in [0.05, 0.1) is 13.2 Å². The van der Waals surface area contributed by atoms with Crippen LogP contribution >= 0.6 is 0 Å². The molecule has 0 rings (SSSR count). The predicted octanol–water partition coefficient (Wildman–Crippen LogP) is -0.213. The molecular weight excluding hydrogens is 248 g/mol. The zero-order valence-corrected chi connectivity index (χ0v) is 12.2. The summed E-state index contributed by atoms with van der Waals surface area (Å²) < 4.78 is 0. The van der Waals surface area contributed by atoms with Crippen molar-refractivity contribution in [1.29, 1.82) is 0 Å². The van der Waals surface area contributed by atoms with E-state index in [-0.39, 0.29) is 25.1 Å². The van der Waals surface area contributed by atoms with Crippen LogP contribution in [0.3, 0.4) is 0 Å². The summed E-state index contributed by atoms with van der Waals surface area (Å²) in [5, 5.41) is 23.9. The van der Waals surface area contributed by atoms with E-state index >= 15 is 0 Å². The van der Waals surface area contributed by atoms with Crippen molar-refractivity contribution in [2.24, 2.45) is 5.41 Å². The number of aliphatic hydroxyl groups excluding tert-OH is 2. The van der Waals surface area contributed by atoms with Crippen LogP contribution in [-0.2, 0) is 9.59 Å². The van der Waals surface area contributed by atoms with Gasteiger partial charge in [0, 0.05) is 11.5 Å². The molecule has 0 heterocycles. The molecule has 0 aliphatic carbocycles. The summed E-state index contributed by atoms with van der Waals surface area (Å²) in [6.45, 7) is 6.57. The lowest BCUT2D eigenvalue weighted by molar-refractivity contribution is -0.138. The van der Waals surface area contributed by atoms with E-state index in [4.69, 9.17) is 5.11 Å². The predicted molar refractivity (Wildman–Crippen MR) is 72.4 cm³/mol. The number of nitrogens with one attached hydrogen (secondary N) is 2. The fourth-order valence-corrected chi connectivity index (χ4v) is 1.54. The minimum atomic E-state index is -1.35. The Labute approximate surface area is 114 Å². The molecule has 2 amide bonds. The molecule has 0 fully saturated rings. The highest BCUT2D eigenvalue weighted by Gasteiger charge is 2.32. The van der Waals surface area contributed by atoms with Crippen molar-refractivity contribution in [2.45, 2.75) is 52.7 Å². The maximum absolute atomic E-state index is 11.6. The van der Waals surface area contributed by atoms with E-state index < -0.39 is 17.4 Å². The van der Waals surface area contributed by atoms with Crippen LogP contribution in [0.2, 0.25) is 0 Å². The van der Waals surface area contributed by atoms with Crippen LogP contribution in [-0.4, -0.2) is 47.3 Å². The summed E-state index contributed by atoms with van der Waals surface area (Å²) in [4.78, 5) is 23.1. The summed E-state index contributed by atoms with van der Waals surface area (Å²) in [5.74, 6) is -0.944. The number of carbonyl (C=O) groups is 2. The van der Waals surface area contributed by atoms with Crippen molar-refractivity contribution in [3.05, 3.63) is 0 Å². The normalized spacial score (nSPS) is 14.6. The van der Waals surface area contributed by atoms with Crippen molar-refractivity contribution in [2.75, 3.05) is 13.2 Å². The van der Waals surface area contributed by atoms with Gasteiger partial charge in [-0.1, -0.05) is 27.2 Å². The molecule has 0 radical (unpaired) electrons. The molecule has 0 spiro atoms. The van der Waals surface area contributed by atoms with Crippen LogP contribution in [0.5, 0.6) is 0 Å². The minimum Gasteiger partial charge on any atom is -0.396 e. The molecule has 4 N–H and O–H groups in total. The van der Waals surface area contributed by atoms with Gasteiger partial charge >= 0.3 is 0 Å². The van der Waals surface area contributed by atoms with Gasteiger partial charge in [0.1, 0.15) is 6.10 Å². The van der Waals surface area contributed by atoms with Crippen molar-refractivity contribution < 1.29 is 19.8 Å². The smallest absolute Gasteiger partial charge is 0.249 e. The van der Waals surface area contributed by atoms with Crippen molar-refractivity contribution in [3.8, 4) is 0 Å². The molecule has 0 aromatic heterocycles. The van der Waals surface area contributed by atoms with Gasteiger partial charge in [-0.2, -0.15) is 0 Å². The second kappa shape index (κ2) is 8.12. The van der Waals surface area contributed by atoms with E-state index in [1.165, 1.54) is 0 Å². The van der Waals surface area contributed by atoms with Crippen molar-refractivity contribution >= 4 is 11.8 Å². The molecule has 2 atom stereocenters. The molecule has 6 nitrogen and oxygen atoms in total. The van der Waals surface area contributed by atoms with Gasteiger partial charge in [0.25, 0.3) is 0 Å². The second-order valence-corrected chi connectivity index (χ2v) is 5.52. The quantitative estimate of drug-likeness (QED) is 0.492. The molecule has 0 aromatic carbocycles. The maximum atomic E-state index is 11.6. The molecule has 19 heavy (non-hydrogen) atoms. The minimum absolute atomic E-state index is 0.0632. The van der Waals surface area contributed by atoms with E-state index in [0.29, 0.717) is 0 Å². The maximum Gasteiger partial charge on any atom is 0.249 e. The molecular formula is C13H26N2O4. The first kappa shape index (κ1) is 17.9. The molecule has 6 heteroatoms. The first-order valence-corrected chi connectivity index (χ1v) is 6.60. The average molecular weight is 274 g/mol. The Morgan fingerprint density at radius 3 is 2.37 bits per heavy atom. The zero-order chi connectivity index (χ0) is 15.1. The van der Waals surface area contributed by atoms with Gasteiger partial charge in [-0.05, 0) is 13.3 Å². The van der Waals surface area contributed by atoms with Gasteiger partial charge in [0.2, 0.25) is 11.8 Å². The van der Waals surface area contributed by atoms with Crippen LogP contribution in [0.1, 0.15) is 40.5 Å².